The number of hydrogen-bond acceptors (Lipinski definition) is 2. The normalized spacial score (nSPS) is 19.1. The molecule has 0 aromatic heterocycles. The first-order valence-electron chi connectivity index (χ1n) is 8.32. The van der Waals surface area contributed by atoms with E-state index >= 15 is 0 Å². The molecule has 2 heteroatoms. The van der Waals surface area contributed by atoms with Crippen molar-refractivity contribution in [3.05, 3.63) is 24.3 Å². The van der Waals surface area contributed by atoms with Crippen molar-refractivity contribution in [3.63, 3.8) is 0 Å². The van der Waals surface area contributed by atoms with Crippen molar-refractivity contribution in [1.82, 2.24) is 9.80 Å². The van der Waals surface area contributed by atoms with Crippen LogP contribution in [-0.4, -0.2) is 49.1 Å². The second kappa shape index (κ2) is 10.2. The molecule has 1 fully saturated rings. The summed E-state index contributed by atoms with van der Waals surface area (Å²) in [6, 6.07) is 0. The Kier molecular flexibility index (Phi) is 8.88. The molecule has 0 aliphatic carbocycles. The van der Waals surface area contributed by atoms with Gasteiger partial charge in [-0.1, -0.05) is 52.0 Å². The van der Waals surface area contributed by atoms with E-state index in [2.05, 4.69) is 61.8 Å². The predicted molar refractivity (Wildman–Crippen MR) is 90.1 cm³/mol. The van der Waals surface area contributed by atoms with Crippen LogP contribution in [0.2, 0.25) is 0 Å². The molecule has 0 aromatic rings. The average molecular weight is 278 g/mol. The second-order valence-electron chi connectivity index (χ2n) is 6.80. The molecule has 1 heterocycles. The molecule has 0 bridgehead atoms. The molecular formula is C18H34N2. The lowest BCUT2D eigenvalue weighted by Crippen LogP contribution is -2.46. The molecule has 0 saturated carbocycles. The molecule has 0 radical (unpaired) electrons. The highest BCUT2D eigenvalue weighted by molar-refractivity contribution is 4.90. The van der Waals surface area contributed by atoms with E-state index in [1.807, 2.05) is 0 Å². The highest BCUT2D eigenvalue weighted by atomic mass is 15.3. The van der Waals surface area contributed by atoms with Crippen LogP contribution in [-0.2, 0) is 0 Å². The zero-order chi connectivity index (χ0) is 14.8. The van der Waals surface area contributed by atoms with Crippen molar-refractivity contribution >= 4 is 0 Å². The minimum atomic E-state index is 0.778. The second-order valence-corrected chi connectivity index (χ2v) is 6.80. The number of allylic oxidation sites excluding steroid dienone is 2. The minimum absolute atomic E-state index is 0.778. The third kappa shape index (κ3) is 8.55. The summed E-state index contributed by atoms with van der Waals surface area (Å²) in [5, 5.41) is 0. The van der Waals surface area contributed by atoms with E-state index in [9.17, 15) is 0 Å². The average Bonchev–Trinajstić information content (AvgIpc) is 2.41. The number of nitrogens with zero attached hydrogens (tertiary/aromatic N) is 2. The molecule has 0 atom stereocenters. The van der Waals surface area contributed by atoms with Crippen LogP contribution in [0.5, 0.6) is 0 Å². The van der Waals surface area contributed by atoms with Gasteiger partial charge in [-0.25, -0.2) is 0 Å². The molecule has 1 aliphatic heterocycles. The SMILES string of the molecule is CC(C)C/C=C/CN1CCN(C/C=C/CC(C)C)CC1. The third-order valence-corrected chi connectivity index (χ3v) is 3.74. The van der Waals surface area contributed by atoms with Crippen LogP contribution >= 0.6 is 0 Å². The van der Waals surface area contributed by atoms with E-state index < -0.39 is 0 Å². The number of piperazine rings is 1. The zero-order valence-electron chi connectivity index (χ0n) is 14.0. The Morgan fingerprint density at radius 1 is 0.650 bits per heavy atom. The van der Waals surface area contributed by atoms with Crippen LogP contribution < -0.4 is 0 Å². The maximum Gasteiger partial charge on any atom is 0.0164 e. The topological polar surface area (TPSA) is 6.48 Å². The fraction of sp³-hybridized carbons (Fsp3) is 0.778. The summed E-state index contributed by atoms with van der Waals surface area (Å²) in [4.78, 5) is 5.12. The minimum Gasteiger partial charge on any atom is -0.297 e. The summed E-state index contributed by atoms with van der Waals surface area (Å²) in [6.07, 6.45) is 11.8. The van der Waals surface area contributed by atoms with Gasteiger partial charge in [-0.2, -0.15) is 0 Å². The molecule has 20 heavy (non-hydrogen) atoms. The van der Waals surface area contributed by atoms with E-state index in [0.717, 1.165) is 24.9 Å². The lowest BCUT2D eigenvalue weighted by Gasteiger charge is -2.33. The number of rotatable bonds is 8. The number of hydrogen-bond donors (Lipinski definition) is 0. The van der Waals surface area contributed by atoms with E-state index in [-0.39, 0.29) is 0 Å². The monoisotopic (exact) mass is 278 g/mol. The fourth-order valence-electron chi connectivity index (χ4n) is 2.34. The van der Waals surface area contributed by atoms with E-state index in [1.165, 1.54) is 39.0 Å². The molecule has 2 nitrogen and oxygen atoms in total. The van der Waals surface area contributed by atoms with E-state index in [1.54, 1.807) is 0 Å². The summed E-state index contributed by atoms with van der Waals surface area (Å²) in [5.74, 6) is 1.56. The molecule has 0 aromatic carbocycles. The smallest absolute Gasteiger partial charge is 0.0164 e. The summed E-state index contributed by atoms with van der Waals surface area (Å²) >= 11 is 0. The van der Waals surface area contributed by atoms with Crippen LogP contribution in [0.15, 0.2) is 24.3 Å². The highest BCUT2D eigenvalue weighted by Crippen LogP contribution is 2.05. The van der Waals surface area contributed by atoms with Crippen LogP contribution in [0.4, 0.5) is 0 Å². The Hall–Kier alpha value is -0.600. The summed E-state index contributed by atoms with van der Waals surface area (Å²) in [6.45, 7) is 16.2. The third-order valence-electron chi connectivity index (χ3n) is 3.74. The van der Waals surface area contributed by atoms with Gasteiger partial charge in [0.1, 0.15) is 0 Å². The molecule has 1 rings (SSSR count). The quantitative estimate of drug-likeness (QED) is 0.623. The van der Waals surface area contributed by atoms with E-state index in [4.69, 9.17) is 0 Å². The van der Waals surface area contributed by atoms with Crippen molar-refractivity contribution in [3.8, 4) is 0 Å². The van der Waals surface area contributed by atoms with Crippen LogP contribution in [0.3, 0.4) is 0 Å². The first kappa shape index (κ1) is 17.5. The first-order chi connectivity index (χ1) is 9.58. The van der Waals surface area contributed by atoms with Crippen molar-refractivity contribution < 1.29 is 0 Å². The molecule has 116 valence electrons. The lowest BCUT2D eigenvalue weighted by molar-refractivity contribution is 0.153. The molecule has 0 amide bonds. The van der Waals surface area contributed by atoms with Crippen molar-refractivity contribution in [2.45, 2.75) is 40.5 Å². The molecule has 0 spiro atoms. The fourth-order valence-corrected chi connectivity index (χ4v) is 2.34. The summed E-state index contributed by atoms with van der Waals surface area (Å²) in [7, 11) is 0. The standard InChI is InChI=1S/C18H34N2/c1-17(2)9-5-7-11-19-13-15-20(16-14-19)12-8-6-10-18(3)4/h5-8,17-18H,9-16H2,1-4H3/b7-5+,8-6+. The Morgan fingerprint density at radius 2 is 1.00 bits per heavy atom. The predicted octanol–water partition coefficient (Wildman–Crippen LogP) is 3.81. The van der Waals surface area contributed by atoms with Crippen molar-refractivity contribution in [2.24, 2.45) is 11.8 Å². The van der Waals surface area contributed by atoms with Gasteiger partial charge in [0, 0.05) is 39.3 Å². The Bertz CT molecular complexity index is 254. The van der Waals surface area contributed by atoms with Gasteiger partial charge in [0.2, 0.25) is 0 Å². The Morgan fingerprint density at radius 3 is 1.30 bits per heavy atom. The molecule has 1 aliphatic rings. The first-order valence-corrected chi connectivity index (χ1v) is 8.32. The van der Waals surface area contributed by atoms with Gasteiger partial charge >= 0.3 is 0 Å². The Balaban J connectivity index is 2.10. The van der Waals surface area contributed by atoms with Gasteiger partial charge in [0.15, 0.2) is 0 Å². The van der Waals surface area contributed by atoms with Gasteiger partial charge in [-0.3, -0.25) is 9.80 Å². The zero-order valence-corrected chi connectivity index (χ0v) is 14.0. The maximum absolute atomic E-state index is 2.56. The van der Waals surface area contributed by atoms with Gasteiger partial charge in [-0.05, 0) is 24.7 Å². The maximum atomic E-state index is 2.56. The van der Waals surface area contributed by atoms with E-state index in [0.29, 0.717) is 0 Å². The molecule has 1 saturated heterocycles. The van der Waals surface area contributed by atoms with Gasteiger partial charge < -0.3 is 0 Å². The lowest BCUT2D eigenvalue weighted by atomic mass is 10.1. The summed E-state index contributed by atoms with van der Waals surface area (Å²) in [5.41, 5.74) is 0. The highest BCUT2D eigenvalue weighted by Gasteiger charge is 2.14. The molecular weight excluding hydrogens is 244 g/mol. The summed E-state index contributed by atoms with van der Waals surface area (Å²) < 4.78 is 0. The van der Waals surface area contributed by atoms with Crippen LogP contribution in [0.1, 0.15) is 40.5 Å². The van der Waals surface area contributed by atoms with Gasteiger partial charge in [0.25, 0.3) is 0 Å². The van der Waals surface area contributed by atoms with Gasteiger partial charge in [0.05, 0.1) is 0 Å². The van der Waals surface area contributed by atoms with Crippen molar-refractivity contribution in [2.75, 3.05) is 39.3 Å². The Labute approximate surface area is 126 Å². The molecule has 0 unspecified atom stereocenters. The van der Waals surface area contributed by atoms with Crippen LogP contribution in [0.25, 0.3) is 0 Å². The molecule has 0 N–H and O–H groups in total. The largest absolute Gasteiger partial charge is 0.297 e. The van der Waals surface area contributed by atoms with Gasteiger partial charge in [-0.15, -0.1) is 0 Å². The van der Waals surface area contributed by atoms with Crippen molar-refractivity contribution in [1.29, 1.82) is 0 Å². The van der Waals surface area contributed by atoms with Crippen LogP contribution in [0, 0.1) is 11.8 Å².